The highest BCUT2D eigenvalue weighted by Crippen LogP contribution is 2.47. The topological polar surface area (TPSA) is 127 Å². The molecule has 2 saturated heterocycles. The summed E-state index contributed by atoms with van der Waals surface area (Å²) in [6.07, 6.45) is 7.65. The number of aliphatic hydroxyl groups excluding tert-OH is 1. The van der Waals surface area contributed by atoms with Crippen molar-refractivity contribution in [3.05, 3.63) is 114 Å². The normalized spacial score (nSPS) is 21.6. The summed E-state index contributed by atoms with van der Waals surface area (Å²) < 4.78 is 1.74. The SMILES string of the molecule is C[C@H](/C=C/CCn1cc(C(CO)c2ccccc2)nn1)[C@@]1(O)C(=O)N(C)c2ccc(N3CN(c4ccccc4)C4(CCNCC4)C3=O)cc21. The van der Waals surface area contributed by atoms with Crippen molar-refractivity contribution in [2.45, 2.75) is 49.8 Å². The van der Waals surface area contributed by atoms with E-state index in [9.17, 15) is 19.8 Å². The number of likely N-dealkylation sites (N-methyl/N-ethyl adjacent to an activating group) is 1. The Morgan fingerprint density at radius 3 is 2.39 bits per heavy atom. The van der Waals surface area contributed by atoms with Crippen LogP contribution >= 0.6 is 0 Å². The number of nitrogens with one attached hydrogen (secondary N) is 1. The first-order valence-corrected chi connectivity index (χ1v) is 17.0. The Hall–Kier alpha value is -4.84. The van der Waals surface area contributed by atoms with E-state index in [0.29, 0.717) is 55.1 Å². The van der Waals surface area contributed by atoms with E-state index < -0.39 is 23.0 Å². The Labute approximate surface area is 286 Å². The quantitative estimate of drug-likeness (QED) is 0.219. The van der Waals surface area contributed by atoms with Crippen LogP contribution in [0.3, 0.4) is 0 Å². The Kier molecular flexibility index (Phi) is 8.82. The molecular weight excluding hydrogens is 618 g/mol. The molecule has 1 unspecified atom stereocenters. The number of allylic oxidation sites excluding steroid dienone is 1. The minimum absolute atomic E-state index is 0.0392. The van der Waals surface area contributed by atoms with Gasteiger partial charge in [0.15, 0.2) is 5.60 Å². The van der Waals surface area contributed by atoms with Crippen LogP contribution in [0.4, 0.5) is 17.1 Å². The van der Waals surface area contributed by atoms with Gasteiger partial charge in [0.2, 0.25) is 0 Å². The molecule has 254 valence electrons. The second-order valence-electron chi connectivity index (χ2n) is 13.3. The van der Waals surface area contributed by atoms with Gasteiger partial charge >= 0.3 is 0 Å². The number of anilines is 3. The molecule has 4 aromatic rings. The first-order valence-electron chi connectivity index (χ1n) is 17.0. The summed E-state index contributed by atoms with van der Waals surface area (Å²) in [6.45, 7) is 4.21. The number of amides is 2. The molecule has 3 aliphatic rings. The summed E-state index contributed by atoms with van der Waals surface area (Å²) in [4.78, 5) is 33.5. The van der Waals surface area contributed by atoms with Crippen LogP contribution in [0, 0.1) is 5.92 Å². The predicted molar refractivity (Wildman–Crippen MR) is 188 cm³/mol. The van der Waals surface area contributed by atoms with Crippen molar-refractivity contribution in [1.82, 2.24) is 20.3 Å². The number of hydrogen-bond acceptors (Lipinski definition) is 8. The Bertz CT molecular complexity index is 1840. The molecule has 49 heavy (non-hydrogen) atoms. The van der Waals surface area contributed by atoms with Crippen LogP contribution in [0.15, 0.2) is 97.2 Å². The molecule has 0 radical (unpaired) electrons. The maximum Gasteiger partial charge on any atom is 0.264 e. The lowest BCUT2D eigenvalue weighted by molar-refractivity contribution is -0.139. The molecule has 1 spiro atoms. The zero-order chi connectivity index (χ0) is 34.2. The van der Waals surface area contributed by atoms with Gasteiger partial charge in [-0.3, -0.25) is 19.2 Å². The molecule has 2 fully saturated rings. The van der Waals surface area contributed by atoms with Gasteiger partial charge in [0.1, 0.15) is 5.54 Å². The monoisotopic (exact) mass is 661 g/mol. The van der Waals surface area contributed by atoms with Crippen molar-refractivity contribution in [3.8, 4) is 0 Å². The third-order valence-corrected chi connectivity index (χ3v) is 10.5. The third-order valence-electron chi connectivity index (χ3n) is 10.5. The van der Waals surface area contributed by atoms with E-state index >= 15 is 0 Å². The number of aromatic nitrogens is 3. The summed E-state index contributed by atoms with van der Waals surface area (Å²) in [6, 6.07) is 25.3. The van der Waals surface area contributed by atoms with Gasteiger partial charge in [0.25, 0.3) is 11.8 Å². The van der Waals surface area contributed by atoms with Gasteiger partial charge in [-0.1, -0.05) is 72.8 Å². The molecule has 3 aromatic carbocycles. The fourth-order valence-corrected chi connectivity index (χ4v) is 7.66. The van der Waals surface area contributed by atoms with Gasteiger partial charge in [-0.2, -0.15) is 0 Å². The zero-order valence-electron chi connectivity index (χ0n) is 27.9. The number of hydrogen-bond donors (Lipinski definition) is 3. The second kappa shape index (κ2) is 13.2. The maximum atomic E-state index is 14.3. The molecule has 1 aromatic heterocycles. The van der Waals surface area contributed by atoms with Crippen LogP contribution in [0.25, 0.3) is 0 Å². The van der Waals surface area contributed by atoms with Crippen molar-refractivity contribution in [2.75, 3.05) is 48.1 Å². The van der Waals surface area contributed by atoms with E-state index in [1.165, 1.54) is 4.90 Å². The first kappa shape index (κ1) is 32.7. The summed E-state index contributed by atoms with van der Waals surface area (Å²) in [7, 11) is 1.68. The largest absolute Gasteiger partial charge is 0.395 e. The summed E-state index contributed by atoms with van der Waals surface area (Å²) in [5.74, 6) is -1.16. The highest BCUT2D eigenvalue weighted by Gasteiger charge is 2.55. The van der Waals surface area contributed by atoms with Gasteiger partial charge in [-0.05, 0) is 68.2 Å². The first-order chi connectivity index (χ1) is 23.8. The van der Waals surface area contributed by atoms with Crippen LogP contribution in [0.2, 0.25) is 0 Å². The lowest BCUT2D eigenvalue weighted by Crippen LogP contribution is -2.55. The molecule has 2 amide bonds. The maximum absolute atomic E-state index is 14.3. The minimum Gasteiger partial charge on any atom is -0.395 e. The summed E-state index contributed by atoms with van der Waals surface area (Å²) >= 11 is 0. The fraction of sp³-hybridized carbons (Fsp3) is 0.368. The number of aliphatic hydroxyl groups is 2. The molecule has 11 nitrogen and oxygen atoms in total. The number of benzene rings is 3. The average molecular weight is 662 g/mol. The molecule has 7 rings (SSSR count). The second-order valence-corrected chi connectivity index (χ2v) is 13.3. The van der Waals surface area contributed by atoms with Gasteiger partial charge < -0.3 is 25.3 Å². The van der Waals surface area contributed by atoms with Crippen LogP contribution in [-0.2, 0) is 21.7 Å². The number of carbonyl (C=O) groups is 2. The minimum atomic E-state index is -1.80. The molecule has 4 heterocycles. The number of aryl methyl sites for hydroxylation is 1. The Balaban J connectivity index is 1.09. The molecule has 3 aliphatic heterocycles. The highest BCUT2D eigenvalue weighted by atomic mass is 16.3. The Morgan fingerprint density at radius 1 is 0.959 bits per heavy atom. The van der Waals surface area contributed by atoms with Gasteiger partial charge in [0, 0.05) is 42.6 Å². The van der Waals surface area contributed by atoms with Crippen molar-refractivity contribution in [3.63, 3.8) is 0 Å². The van der Waals surface area contributed by atoms with E-state index in [0.717, 1.165) is 24.3 Å². The molecule has 3 atom stereocenters. The van der Waals surface area contributed by atoms with E-state index in [1.54, 1.807) is 16.6 Å². The smallest absolute Gasteiger partial charge is 0.264 e. The van der Waals surface area contributed by atoms with Gasteiger partial charge in [0.05, 0.1) is 30.6 Å². The van der Waals surface area contributed by atoms with Gasteiger partial charge in [-0.25, -0.2) is 0 Å². The summed E-state index contributed by atoms with van der Waals surface area (Å²) in [5, 5.41) is 34.1. The van der Waals surface area contributed by atoms with E-state index in [1.807, 2.05) is 104 Å². The Morgan fingerprint density at radius 2 is 1.67 bits per heavy atom. The standard InChI is InChI=1S/C38H43N7O4/c1-27(11-9-10-22-43-24-33(40-41-43)31(25-46)28-12-5-3-6-13-28)38(49)32-23-30(16-17-34(32)42(2)36(38)48)44-26-45(29-14-7-4-8-15-29)37(35(44)47)18-20-39-21-19-37/h3-9,11-17,23-24,27,31,39,46,49H,10,18-22,25-26H2,1-2H3/b11-9+/t27-,31?,38+/m1/s1. The zero-order valence-corrected chi connectivity index (χ0v) is 27.9. The third kappa shape index (κ3) is 5.61. The molecular formula is C38H43N7O4. The lowest BCUT2D eigenvalue weighted by Gasteiger charge is -2.39. The number of rotatable bonds is 10. The molecule has 3 N–H and O–H groups in total. The number of para-hydroxylation sites is 1. The van der Waals surface area contributed by atoms with Crippen LogP contribution in [0.5, 0.6) is 0 Å². The molecule has 0 aliphatic carbocycles. The predicted octanol–water partition coefficient (Wildman–Crippen LogP) is 3.78. The fourth-order valence-electron chi connectivity index (χ4n) is 7.66. The van der Waals surface area contributed by atoms with E-state index in [-0.39, 0.29) is 18.4 Å². The molecule has 11 heteroatoms. The van der Waals surface area contributed by atoms with Crippen molar-refractivity contribution in [2.24, 2.45) is 5.92 Å². The average Bonchev–Trinajstić information content (AvgIpc) is 3.77. The van der Waals surface area contributed by atoms with Crippen molar-refractivity contribution >= 4 is 28.9 Å². The number of piperidine rings is 1. The van der Waals surface area contributed by atoms with E-state index in [4.69, 9.17) is 0 Å². The summed E-state index contributed by atoms with van der Waals surface area (Å²) in [5.41, 5.74) is 2.01. The van der Waals surface area contributed by atoms with Gasteiger partial charge in [-0.15, -0.1) is 5.10 Å². The number of fused-ring (bicyclic) bond motifs is 1. The number of carbonyl (C=O) groups excluding carboxylic acids is 2. The molecule has 0 bridgehead atoms. The van der Waals surface area contributed by atoms with Crippen molar-refractivity contribution < 1.29 is 19.8 Å². The van der Waals surface area contributed by atoms with E-state index in [2.05, 4.69) is 20.5 Å². The van der Waals surface area contributed by atoms with Crippen molar-refractivity contribution in [1.29, 1.82) is 0 Å². The van der Waals surface area contributed by atoms with Crippen LogP contribution < -0.4 is 20.0 Å². The van der Waals surface area contributed by atoms with Crippen LogP contribution in [-0.4, -0.2) is 76.0 Å². The highest BCUT2D eigenvalue weighted by molar-refractivity contribution is 6.09. The molecule has 0 saturated carbocycles. The van der Waals surface area contributed by atoms with Crippen LogP contribution in [0.1, 0.15) is 48.9 Å². The lowest BCUT2D eigenvalue weighted by atomic mass is 9.82. The number of nitrogens with zero attached hydrogens (tertiary/aromatic N) is 6.